The van der Waals surface area contributed by atoms with Crippen LogP contribution in [0.15, 0.2) is 41.1 Å². The highest BCUT2D eigenvalue weighted by atomic mass is 16.5. The molecule has 3 heteroatoms. The maximum Gasteiger partial charge on any atom is 0.0858 e. The largest absolute Gasteiger partial charge is 0.385 e. The highest BCUT2D eigenvalue weighted by Crippen LogP contribution is 2.15. The van der Waals surface area contributed by atoms with E-state index in [2.05, 4.69) is 16.8 Å². The van der Waals surface area contributed by atoms with Gasteiger partial charge in [-0.05, 0) is 24.1 Å². The molecule has 3 nitrogen and oxygen atoms in total. The molecule has 0 heterocycles. The van der Waals surface area contributed by atoms with Crippen molar-refractivity contribution in [3.05, 3.63) is 36.4 Å². The van der Waals surface area contributed by atoms with Crippen molar-refractivity contribution in [3.8, 4) is 0 Å². The van der Waals surface area contributed by atoms with Gasteiger partial charge < -0.3 is 4.74 Å². The molecule has 0 bridgehead atoms. The molecule has 0 radical (unpaired) electrons. The fourth-order valence-electron chi connectivity index (χ4n) is 1.13. The maximum absolute atomic E-state index is 4.92. The van der Waals surface area contributed by atoms with Crippen molar-refractivity contribution in [2.24, 2.45) is 10.2 Å². The third-order valence-corrected chi connectivity index (χ3v) is 1.90. The molecule has 0 atom stereocenters. The second-order valence-corrected chi connectivity index (χ2v) is 3.11. The van der Waals surface area contributed by atoms with Gasteiger partial charge in [0.05, 0.1) is 12.2 Å². The minimum absolute atomic E-state index is 0.701. The van der Waals surface area contributed by atoms with Gasteiger partial charge in [0.1, 0.15) is 0 Å². The first-order chi connectivity index (χ1) is 7.36. The molecule has 0 aliphatic rings. The summed E-state index contributed by atoms with van der Waals surface area (Å²) in [4.78, 5) is 0. The number of ether oxygens (including phenoxy) is 1. The van der Waals surface area contributed by atoms with E-state index in [-0.39, 0.29) is 0 Å². The Kier molecular flexibility index (Phi) is 5.33. The predicted octanol–water partition coefficient (Wildman–Crippen LogP) is 3.45. The van der Waals surface area contributed by atoms with Gasteiger partial charge in [-0.15, -0.1) is 0 Å². The molecule has 15 heavy (non-hydrogen) atoms. The van der Waals surface area contributed by atoms with Crippen molar-refractivity contribution in [1.29, 1.82) is 0 Å². The first-order valence-corrected chi connectivity index (χ1v) is 4.96. The Morgan fingerprint density at radius 1 is 1.47 bits per heavy atom. The molecule has 1 rings (SSSR count). The first-order valence-electron chi connectivity index (χ1n) is 4.96. The van der Waals surface area contributed by atoms with Crippen LogP contribution < -0.4 is 0 Å². The lowest BCUT2D eigenvalue weighted by atomic mass is 10.2. The van der Waals surface area contributed by atoms with Crippen LogP contribution in [0.1, 0.15) is 12.0 Å². The highest BCUT2D eigenvalue weighted by Gasteiger charge is 1.90. The number of hydrogen-bond acceptors (Lipinski definition) is 3. The molecular weight excluding hydrogens is 188 g/mol. The lowest BCUT2D eigenvalue weighted by Crippen LogP contribution is -1.89. The Balaban J connectivity index is 2.45. The van der Waals surface area contributed by atoms with Crippen LogP contribution in [0.3, 0.4) is 0 Å². The summed E-state index contributed by atoms with van der Waals surface area (Å²) in [7, 11) is 1.69. The van der Waals surface area contributed by atoms with Crippen molar-refractivity contribution in [3.63, 3.8) is 0 Å². The van der Waals surface area contributed by atoms with Gasteiger partial charge in [0.15, 0.2) is 0 Å². The van der Waals surface area contributed by atoms with Crippen molar-refractivity contribution >= 4 is 11.8 Å². The zero-order valence-corrected chi connectivity index (χ0v) is 9.02. The molecule has 0 aromatic heterocycles. The first kappa shape index (κ1) is 11.6. The molecule has 0 amide bonds. The summed E-state index contributed by atoms with van der Waals surface area (Å²) < 4.78 is 4.92. The Hall–Kier alpha value is -1.48. The van der Waals surface area contributed by atoms with E-state index in [1.807, 2.05) is 24.3 Å². The quantitative estimate of drug-likeness (QED) is 0.516. The zero-order chi connectivity index (χ0) is 10.9. The molecule has 0 N–H and O–H groups in total. The summed E-state index contributed by atoms with van der Waals surface area (Å²) in [6.07, 6.45) is 2.70. The Labute approximate surface area is 90.5 Å². The topological polar surface area (TPSA) is 34.0 Å². The van der Waals surface area contributed by atoms with E-state index in [0.717, 1.165) is 24.3 Å². The third kappa shape index (κ3) is 4.51. The predicted molar refractivity (Wildman–Crippen MR) is 62.4 cm³/mol. The maximum atomic E-state index is 4.92. The molecule has 0 saturated heterocycles. The monoisotopic (exact) mass is 204 g/mol. The number of rotatable bonds is 6. The standard InChI is InChI=1S/C12H16N2O/c1-3-11-6-4-7-12(10-11)14-13-8-5-9-15-2/h3-4,6-7,10H,1,5,8-9H2,2H3. The average Bonchev–Trinajstić information content (AvgIpc) is 2.29. The summed E-state index contributed by atoms with van der Waals surface area (Å²) in [5.41, 5.74) is 1.92. The summed E-state index contributed by atoms with van der Waals surface area (Å²) in [6.45, 7) is 5.13. The Morgan fingerprint density at radius 2 is 2.33 bits per heavy atom. The van der Waals surface area contributed by atoms with Crippen LogP contribution in [0, 0.1) is 0 Å². The SMILES string of the molecule is C=Cc1cccc(N=NCCCOC)c1. The molecule has 0 aliphatic heterocycles. The van der Waals surface area contributed by atoms with Gasteiger partial charge in [-0.3, -0.25) is 0 Å². The van der Waals surface area contributed by atoms with E-state index >= 15 is 0 Å². The number of azo groups is 1. The van der Waals surface area contributed by atoms with E-state index in [1.54, 1.807) is 13.2 Å². The van der Waals surface area contributed by atoms with Gasteiger partial charge >= 0.3 is 0 Å². The number of hydrogen-bond donors (Lipinski definition) is 0. The van der Waals surface area contributed by atoms with Crippen LogP contribution in [-0.4, -0.2) is 20.3 Å². The third-order valence-electron chi connectivity index (χ3n) is 1.90. The van der Waals surface area contributed by atoms with E-state index in [1.165, 1.54) is 0 Å². The minimum Gasteiger partial charge on any atom is -0.385 e. The van der Waals surface area contributed by atoms with E-state index in [0.29, 0.717) is 6.54 Å². The van der Waals surface area contributed by atoms with Crippen molar-refractivity contribution in [1.82, 2.24) is 0 Å². The van der Waals surface area contributed by atoms with Gasteiger partial charge in [0.25, 0.3) is 0 Å². The number of benzene rings is 1. The van der Waals surface area contributed by atoms with Crippen LogP contribution in [0.4, 0.5) is 5.69 Å². The van der Waals surface area contributed by atoms with Gasteiger partial charge in [0.2, 0.25) is 0 Å². The Bertz CT molecular complexity index is 334. The van der Waals surface area contributed by atoms with E-state index < -0.39 is 0 Å². The Morgan fingerprint density at radius 3 is 3.07 bits per heavy atom. The van der Waals surface area contributed by atoms with Crippen LogP contribution in [-0.2, 0) is 4.74 Å². The molecular formula is C12H16N2O. The zero-order valence-electron chi connectivity index (χ0n) is 9.02. The van der Waals surface area contributed by atoms with Gasteiger partial charge in [0, 0.05) is 13.7 Å². The molecule has 1 aromatic rings. The summed E-state index contributed by atoms with van der Waals surface area (Å²) in [5.74, 6) is 0. The average molecular weight is 204 g/mol. The number of nitrogens with zero attached hydrogens (tertiary/aromatic N) is 2. The van der Waals surface area contributed by atoms with Crippen molar-refractivity contribution in [2.75, 3.05) is 20.3 Å². The van der Waals surface area contributed by atoms with Crippen LogP contribution >= 0.6 is 0 Å². The normalized spacial score (nSPS) is 10.7. The van der Waals surface area contributed by atoms with Crippen LogP contribution in [0.2, 0.25) is 0 Å². The fourth-order valence-corrected chi connectivity index (χ4v) is 1.13. The minimum atomic E-state index is 0.701. The molecule has 0 fully saturated rings. The molecule has 1 aromatic carbocycles. The number of methoxy groups -OCH3 is 1. The summed E-state index contributed by atoms with van der Waals surface area (Å²) in [6, 6.07) is 7.80. The van der Waals surface area contributed by atoms with Crippen LogP contribution in [0.5, 0.6) is 0 Å². The smallest absolute Gasteiger partial charge is 0.0858 e. The molecule has 80 valence electrons. The van der Waals surface area contributed by atoms with E-state index in [4.69, 9.17) is 4.74 Å². The summed E-state index contributed by atoms with van der Waals surface area (Å²) >= 11 is 0. The van der Waals surface area contributed by atoms with Crippen molar-refractivity contribution in [2.45, 2.75) is 6.42 Å². The van der Waals surface area contributed by atoms with Gasteiger partial charge in [-0.2, -0.15) is 10.2 Å². The summed E-state index contributed by atoms with van der Waals surface area (Å²) in [5, 5.41) is 8.17. The van der Waals surface area contributed by atoms with E-state index in [9.17, 15) is 0 Å². The highest BCUT2D eigenvalue weighted by molar-refractivity contribution is 5.53. The van der Waals surface area contributed by atoms with Gasteiger partial charge in [-0.1, -0.05) is 24.8 Å². The lowest BCUT2D eigenvalue weighted by Gasteiger charge is -1.95. The fraction of sp³-hybridized carbons (Fsp3) is 0.333. The van der Waals surface area contributed by atoms with Gasteiger partial charge in [-0.25, -0.2) is 0 Å². The second kappa shape index (κ2) is 6.90. The van der Waals surface area contributed by atoms with Crippen molar-refractivity contribution < 1.29 is 4.74 Å². The molecule has 0 saturated carbocycles. The lowest BCUT2D eigenvalue weighted by molar-refractivity contribution is 0.196. The molecule has 0 aliphatic carbocycles. The second-order valence-electron chi connectivity index (χ2n) is 3.11. The molecule has 0 spiro atoms. The van der Waals surface area contributed by atoms with Crippen LogP contribution in [0.25, 0.3) is 6.08 Å². The molecule has 0 unspecified atom stereocenters.